The van der Waals surface area contributed by atoms with Crippen molar-refractivity contribution in [1.29, 1.82) is 0 Å². The predicted octanol–water partition coefficient (Wildman–Crippen LogP) is 1.58. The summed E-state index contributed by atoms with van der Waals surface area (Å²) in [5.41, 5.74) is 1.17. The van der Waals surface area contributed by atoms with Gasteiger partial charge in [0.05, 0.1) is 5.69 Å². The normalized spacial score (nSPS) is 10.4. The van der Waals surface area contributed by atoms with Crippen LogP contribution >= 0.6 is 0 Å². The number of hydrogen-bond donors (Lipinski definition) is 4. The highest BCUT2D eigenvalue weighted by Gasteiger charge is 2.20. The zero-order valence-corrected chi connectivity index (χ0v) is 11.8. The number of carbonyl (C=O) groups excluding carboxylic acids is 1. The van der Waals surface area contributed by atoms with Crippen LogP contribution in [0.25, 0.3) is 0 Å². The molecule has 0 aliphatic carbocycles. The fraction of sp³-hybridized carbons (Fsp3) is 0.214. The number of aromatic carboxylic acids is 1. The van der Waals surface area contributed by atoms with Crippen LogP contribution in [0.1, 0.15) is 37.7 Å². The number of carboxylic acid groups (broad SMARTS) is 1. The number of aromatic nitrogens is 2. The molecule has 21 heavy (non-hydrogen) atoms. The predicted molar refractivity (Wildman–Crippen MR) is 77.0 cm³/mol. The van der Waals surface area contributed by atoms with Gasteiger partial charge in [0, 0.05) is 17.6 Å². The number of anilines is 1. The van der Waals surface area contributed by atoms with Gasteiger partial charge in [-0.1, -0.05) is 0 Å². The first-order valence-corrected chi connectivity index (χ1v) is 6.24. The van der Waals surface area contributed by atoms with Crippen molar-refractivity contribution in [2.45, 2.75) is 20.8 Å². The second kappa shape index (κ2) is 5.28. The third-order valence-electron chi connectivity index (χ3n) is 3.13. The van der Waals surface area contributed by atoms with Gasteiger partial charge in [0.25, 0.3) is 11.5 Å². The molecule has 0 radical (unpaired) electrons. The second-order valence-corrected chi connectivity index (χ2v) is 4.80. The van der Waals surface area contributed by atoms with Crippen molar-refractivity contribution in [3.05, 3.63) is 50.7 Å². The highest BCUT2D eigenvalue weighted by Crippen LogP contribution is 2.20. The molecule has 0 atom stereocenters. The summed E-state index contributed by atoms with van der Waals surface area (Å²) in [6, 6.07) is 1.68. The summed E-state index contributed by atoms with van der Waals surface area (Å²) in [6.45, 7) is 4.95. The van der Waals surface area contributed by atoms with E-state index in [0.717, 1.165) is 0 Å². The van der Waals surface area contributed by atoms with Gasteiger partial charge >= 0.3 is 5.97 Å². The topological polar surface area (TPSA) is 115 Å². The Hall–Kier alpha value is -2.83. The maximum atomic E-state index is 12.2. The van der Waals surface area contributed by atoms with Gasteiger partial charge in [-0.2, -0.15) is 0 Å². The minimum Gasteiger partial charge on any atom is -0.478 e. The monoisotopic (exact) mass is 289 g/mol. The van der Waals surface area contributed by atoms with Crippen molar-refractivity contribution in [2.24, 2.45) is 0 Å². The van der Waals surface area contributed by atoms with Gasteiger partial charge in [-0.15, -0.1) is 0 Å². The molecular weight excluding hydrogens is 274 g/mol. The third-order valence-corrected chi connectivity index (χ3v) is 3.13. The summed E-state index contributed by atoms with van der Waals surface area (Å²) < 4.78 is 0. The van der Waals surface area contributed by atoms with Crippen LogP contribution in [0, 0.1) is 20.8 Å². The van der Waals surface area contributed by atoms with Crippen LogP contribution in [0.15, 0.2) is 17.1 Å². The SMILES string of the molecule is Cc1cc(C)c(C(=O)Nc2c[nH]c(C)c2C(=O)O)c(=O)[nH]1. The zero-order valence-electron chi connectivity index (χ0n) is 11.8. The first-order valence-electron chi connectivity index (χ1n) is 6.24. The van der Waals surface area contributed by atoms with E-state index in [2.05, 4.69) is 15.3 Å². The lowest BCUT2D eigenvalue weighted by Gasteiger charge is -2.07. The third kappa shape index (κ3) is 2.71. The van der Waals surface area contributed by atoms with Crippen LogP contribution in [0.2, 0.25) is 0 Å². The van der Waals surface area contributed by atoms with E-state index >= 15 is 0 Å². The van der Waals surface area contributed by atoms with Gasteiger partial charge in [0.1, 0.15) is 11.1 Å². The lowest BCUT2D eigenvalue weighted by molar-refractivity contribution is 0.0697. The van der Waals surface area contributed by atoms with E-state index < -0.39 is 17.4 Å². The van der Waals surface area contributed by atoms with Crippen molar-refractivity contribution in [3.8, 4) is 0 Å². The molecule has 0 bridgehead atoms. The van der Waals surface area contributed by atoms with Crippen molar-refractivity contribution >= 4 is 17.6 Å². The molecule has 2 heterocycles. The Morgan fingerprint density at radius 2 is 1.86 bits per heavy atom. The Morgan fingerprint density at radius 3 is 2.43 bits per heavy atom. The van der Waals surface area contributed by atoms with Crippen LogP contribution in [-0.4, -0.2) is 27.0 Å². The Balaban J connectivity index is 2.40. The molecule has 2 aromatic rings. The van der Waals surface area contributed by atoms with Crippen molar-refractivity contribution in [2.75, 3.05) is 5.32 Å². The van der Waals surface area contributed by atoms with Crippen LogP contribution in [0.5, 0.6) is 0 Å². The molecule has 0 saturated heterocycles. The van der Waals surface area contributed by atoms with E-state index in [-0.39, 0.29) is 16.8 Å². The fourth-order valence-electron chi connectivity index (χ4n) is 2.22. The molecule has 7 heteroatoms. The van der Waals surface area contributed by atoms with E-state index in [1.54, 1.807) is 26.8 Å². The van der Waals surface area contributed by atoms with Gasteiger partial charge in [0.15, 0.2) is 0 Å². The Labute approximate surface area is 120 Å². The highest BCUT2D eigenvalue weighted by molar-refractivity contribution is 6.08. The van der Waals surface area contributed by atoms with Gasteiger partial charge in [-0.25, -0.2) is 4.79 Å². The summed E-state index contributed by atoms with van der Waals surface area (Å²) >= 11 is 0. The average Bonchev–Trinajstić information content (AvgIpc) is 2.68. The number of nitrogens with one attached hydrogen (secondary N) is 3. The number of aryl methyl sites for hydroxylation is 3. The summed E-state index contributed by atoms with van der Waals surface area (Å²) in [7, 11) is 0. The number of aromatic amines is 2. The number of pyridine rings is 1. The Morgan fingerprint density at radius 1 is 1.19 bits per heavy atom. The van der Waals surface area contributed by atoms with Gasteiger partial charge < -0.3 is 20.4 Å². The maximum Gasteiger partial charge on any atom is 0.339 e. The number of carboxylic acids is 1. The molecule has 1 amide bonds. The van der Waals surface area contributed by atoms with Crippen LogP contribution in [0.3, 0.4) is 0 Å². The average molecular weight is 289 g/mol. The maximum absolute atomic E-state index is 12.2. The number of carbonyl (C=O) groups is 2. The van der Waals surface area contributed by atoms with Crippen LogP contribution < -0.4 is 10.9 Å². The minimum absolute atomic E-state index is 0.0236. The van der Waals surface area contributed by atoms with Crippen LogP contribution in [-0.2, 0) is 0 Å². The van der Waals surface area contributed by atoms with Crippen LogP contribution in [0.4, 0.5) is 5.69 Å². The van der Waals surface area contributed by atoms with E-state index in [4.69, 9.17) is 5.11 Å². The standard InChI is InChI=1S/C14H15N3O4/c1-6-4-7(2)16-12(18)10(6)13(19)17-9-5-15-8(3)11(9)14(20)21/h4-5,15H,1-3H3,(H,16,18)(H,17,19)(H,20,21). The molecule has 0 aliphatic rings. The molecule has 0 fully saturated rings. The zero-order chi connectivity index (χ0) is 15.7. The minimum atomic E-state index is -1.15. The summed E-state index contributed by atoms with van der Waals surface area (Å²) in [5, 5.41) is 11.6. The first-order chi connectivity index (χ1) is 9.81. The van der Waals surface area contributed by atoms with Gasteiger partial charge in [-0.05, 0) is 32.4 Å². The molecule has 0 saturated carbocycles. The summed E-state index contributed by atoms with van der Waals surface area (Å²) in [4.78, 5) is 40.5. The molecular formula is C14H15N3O4. The number of rotatable bonds is 3. The molecule has 2 aromatic heterocycles. The van der Waals surface area contributed by atoms with Gasteiger partial charge in [-0.3, -0.25) is 9.59 Å². The van der Waals surface area contributed by atoms with Gasteiger partial charge in [0.2, 0.25) is 0 Å². The molecule has 7 nitrogen and oxygen atoms in total. The smallest absolute Gasteiger partial charge is 0.339 e. The van der Waals surface area contributed by atoms with E-state index in [1.165, 1.54) is 6.20 Å². The van der Waals surface area contributed by atoms with E-state index in [9.17, 15) is 14.4 Å². The Bertz CT molecular complexity index is 786. The molecule has 2 rings (SSSR count). The fourth-order valence-corrected chi connectivity index (χ4v) is 2.22. The lowest BCUT2D eigenvalue weighted by Crippen LogP contribution is -2.25. The quantitative estimate of drug-likeness (QED) is 0.686. The first kappa shape index (κ1) is 14.6. The number of H-pyrrole nitrogens is 2. The number of hydrogen-bond acceptors (Lipinski definition) is 3. The Kier molecular flexibility index (Phi) is 3.66. The molecule has 0 spiro atoms. The number of amides is 1. The molecule has 0 aliphatic heterocycles. The lowest BCUT2D eigenvalue weighted by atomic mass is 10.1. The van der Waals surface area contributed by atoms with Crippen molar-refractivity contribution in [1.82, 2.24) is 9.97 Å². The van der Waals surface area contributed by atoms with Crippen molar-refractivity contribution < 1.29 is 14.7 Å². The van der Waals surface area contributed by atoms with Crippen molar-refractivity contribution in [3.63, 3.8) is 0 Å². The molecule has 4 N–H and O–H groups in total. The largest absolute Gasteiger partial charge is 0.478 e. The molecule has 0 aromatic carbocycles. The molecule has 110 valence electrons. The molecule has 0 unspecified atom stereocenters. The highest BCUT2D eigenvalue weighted by atomic mass is 16.4. The second-order valence-electron chi connectivity index (χ2n) is 4.80. The van der Waals surface area contributed by atoms with E-state index in [0.29, 0.717) is 17.0 Å². The summed E-state index contributed by atoms with van der Waals surface area (Å²) in [6.07, 6.45) is 1.38. The van der Waals surface area contributed by atoms with E-state index in [1.807, 2.05) is 0 Å². The summed E-state index contributed by atoms with van der Waals surface area (Å²) in [5.74, 6) is -1.80.